The van der Waals surface area contributed by atoms with Crippen LogP contribution in [0.1, 0.15) is 13.3 Å². The number of thiophene rings is 1. The molecule has 1 atom stereocenters. The number of fused-ring (bicyclic) bond motifs is 2. The molecular weight excluding hydrogens is 563 g/mol. The largest absolute Gasteiger partial charge is 3.00 e. The first-order valence-electron chi connectivity index (χ1n) is 10.4. The van der Waals surface area contributed by atoms with Crippen LogP contribution in [0.4, 0.5) is 0 Å². The molecule has 2 aliphatic rings. The summed E-state index contributed by atoms with van der Waals surface area (Å²) in [5, 5.41) is 2.63. The third kappa shape index (κ3) is 6.47. The number of rotatable bonds is 3. The van der Waals surface area contributed by atoms with Crippen molar-refractivity contribution in [2.75, 3.05) is 0 Å². The fourth-order valence-electron chi connectivity index (χ4n) is 3.83. The smallest absolute Gasteiger partial charge is 1.00 e. The zero-order chi connectivity index (χ0) is 20.3. The molecule has 0 amide bonds. The van der Waals surface area contributed by atoms with E-state index in [9.17, 15) is 0 Å². The average molecular weight is 586 g/mol. The summed E-state index contributed by atoms with van der Waals surface area (Å²) in [6.45, 7) is 2.21. The van der Waals surface area contributed by atoms with Crippen molar-refractivity contribution in [1.82, 2.24) is 0 Å². The molecule has 3 aromatic carbocycles. The first-order chi connectivity index (χ1) is 14.8. The van der Waals surface area contributed by atoms with Crippen LogP contribution in [0.3, 0.4) is 0 Å². The minimum absolute atomic E-state index is 0. The van der Waals surface area contributed by atoms with Crippen LogP contribution in [-0.2, 0) is 26.2 Å². The minimum Gasteiger partial charge on any atom is -1.00 e. The van der Waals surface area contributed by atoms with E-state index in [2.05, 4.69) is 110 Å². The second-order valence-electron chi connectivity index (χ2n) is 7.47. The standard InChI is InChI=1S/C19H13S.C9H10S.2ClH.Zr/c1-2-6-14(7-3-1)18-10-11-19(20-18)17-12-15-8-4-5-9-16(15)13-17;1-2-8-6-7-4-3-5-9(7)10-8;;;/h1-13H;3-7H,2H2,1H3;2*1H;/q-1;;;;+3/p-2. The van der Waals surface area contributed by atoms with E-state index in [1.54, 1.807) is 0 Å². The van der Waals surface area contributed by atoms with Crippen molar-refractivity contribution in [1.29, 1.82) is 0 Å². The van der Waals surface area contributed by atoms with Gasteiger partial charge in [0.15, 0.2) is 0 Å². The third-order valence-electron chi connectivity index (χ3n) is 5.44. The summed E-state index contributed by atoms with van der Waals surface area (Å²) in [5.41, 5.74) is 2.61. The van der Waals surface area contributed by atoms with Gasteiger partial charge in [0.2, 0.25) is 0 Å². The van der Waals surface area contributed by atoms with Crippen molar-refractivity contribution in [2.45, 2.75) is 13.3 Å². The van der Waals surface area contributed by atoms with Gasteiger partial charge in [-0.05, 0) is 21.8 Å². The van der Waals surface area contributed by atoms with Gasteiger partial charge in [0.05, 0.1) is 0 Å². The SMILES string of the molecule is CCC1=CC2C=CC=C2S1.[Cl-].[Cl-].[Zr+3].c1ccc(-c2ccc(-c3cc4ccccc4[cH-]3)s2)cc1. The van der Waals surface area contributed by atoms with E-state index < -0.39 is 0 Å². The Bertz CT molecular complexity index is 1230. The van der Waals surface area contributed by atoms with Crippen LogP contribution in [0.2, 0.25) is 0 Å². The van der Waals surface area contributed by atoms with Crippen LogP contribution in [0.5, 0.6) is 0 Å². The molecule has 1 radical (unpaired) electrons. The van der Waals surface area contributed by atoms with E-state index in [1.807, 2.05) is 23.1 Å². The maximum Gasteiger partial charge on any atom is 3.00 e. The molecule has 6 rings (SSSR count). The molecule has 0 bridgehead atoms. The summed E-state index contributed by atoms with van der Waals surface area (Å²) in [4.78, 5) is 5.70. The summed E-state index contributed by atoms with van der Waals surface area (Å²) in [6, 6.07) is 28.1. The topological polar surface area (TPSA) is 0 Å². The molecule has 0 fully saturated rings. The number of halogens is 2. The first kappa shape index (κ1) is 28.0. The predicted molar refractivity (Wildman–Crippen MR) is 135 cm³/mol. The third-order valence-corrected chi connectivity index (χ3v) is 7.95. The summed E-state index contributed by atoms with van der Waals surface area (Å²) >= 11 is 3.80. The Balaban J connectivity index is 0.000000255. The van der Waals surface area contributed by atoms with E-state index >= 15 is 0 Å². The van der Waals surface area contributed by atoms with Gasteiger partial charge >= 0.3 is 26.2 Å². The monoisotopic (exact) mass is 583 g/mol. The minimum atomic E-state index is 0. The predicted octanol–water partition coefficient (Wildman–Crippen LogP) is 3.06. The summed E-state index contributed by atoms with van der Waals surface area (Å²) in [6.07, 6.45) is 10.2. The molecule has 33 heavy (non-hydrogen) atoms. The quantitative estimate of drug-likeness (QED) is 0.333. The fraction of sp³-hybridized carbons (Fsp3) is 0.107. The molecule has 0 nitrogen and oxygen atoms in total. The Morgan fingerprint density at radius 2 is 1.61 bits per heavy atom. The molecule has 0 saturated heterocycles. The summed E-state index contributed by atoms with van der Waals surface area (Å²) in [7, 11) is 0. The molecule has 1 aromatic heterocycles. The van der Waals surface area contributed by atoms with Gasteiger partial charge in [-0.2, -0.15) is 11.3 Å². The molecule has 4 aromatic rings. The molecule has 1 aliphatic carbocycles. The molecule has 2 heterocycles. The molecule has 5 heteroatoms. The number of benzene rings is 2. The van der Waals surface area contributed by atoms with E-state index in [1.165, 1.54) is 47.9 Å². The fourth-order valence-corrected chi connectivity index (χ4v) is 5.92. The van der Waals surface area contributed by atoms with Crippen LogP contribution in [0.25, 0.3) is 31.7 Å². The molecule has 0 N–H and O–H groups in total. The van der Waals surface area contributed by atoms with Gasteiger partial charge in [0.25, 0.3) is 0 Å². The maximum atomic E-state index is 2.36. The van der Waals surface area contributed by atoms with Crippen molar-refractivity contribution in [2.24, 2.45) is 5.92 Å². The Morgan fingerprint density at radius 3 is 2.33 bits per heavy atom. The Labute approximate surface area is 236 Å². The van der Waals surface area contributed by atoms with Crippen LogP contribution < -0.4 is 24.8 Å². The van der Waals surface area contributed by atoms with E-state index in [4.69, 9.17) is 0 Å². The number of allylic oxidation sites excluding steroid dienone is 6. The van der Waals surface area contributed by atoms with Crippen molar-refractivity contribution in [3.63, 3.8) is 0 Å². The summed E-state index contributed by atoms with van der Waals surface area (Å²) < 4.78 is 0. The van der Waals surface area contributed by atoms with Crippen LogP contribution in [-0.4, -0.2) is 0 Å². The summed E-state index contributed by atoms with van der Waals surface area (Å²) in [5.74, 6) is 0.639. The van der Waals surface area contributed by atoms with Gasteiger partial charge in [-0.15, -0.1) is 34.5 Å². The molecule has 1 unspecified atom stereocenters. The van der Waals surface area contributed by atoms with Gasteiger partial charge in [-0.25, -0.2) is 0 Å². The van der Waals surface area contributed by atoms with Crippen LogP contribution in [0.15, 0.2) is 113 Å². The van der Waals surface area contributed by atoms with Gasteiger partial charge < -0.3 is 24.8 Å². The Kier molecular flexibility index (Phi) is 11.1. The second-order valence-corrected chi connectivity index (χ2v) is 9.75. The van der Waals surface area contributed by atoms with Crippen molar-refractivity contribution < 1.29 is 51.0 Å². The Hall–Kier alpha value is -1.22. The van der Waals surface area contributed by atoms with Crippen molar-refractivity contribution >= 4 is 33.9 Å². The average Bonchev–Trinajstić information content (AvgIpc) is 3.57. The second kappa shape index (κ2) is 13.0. The van der Waals surface area contributed by atoms with Crippen molar-refractivity contribution in [3.05, 3.63) is 113 Å². The van der Waals surface area contributed by atoms with E-state index in [-0.39, 0.29) is 51.0 Å². The van der Waals surface area contributed by atoms with E-state index in [0.717, 1.165) is 0 Å². The molecule has 0 spiro atoms. The number of thioether (sulfide) groups is 1. The zero-order valence-electron chi connectivity index (χ0n) is 18.2. The van der Waals surface area contributed by atoms with Gasteiger partial charge in [0, 0.05) is 15.7 Å². The Morgan fingerprint density at radius 1 is 0.879 bits per heavy atom. The van der Waals surface area contributed by atoms with Crippen LogP contribution >= 0.6 is 23.1 Å². The molecule has 0 saturated carbocycles. The number of hydrogen-bond acceptors (Lipinski definition) is 2. The normalized spacial score (nSPS) is 15.2. The molecule has 1 aliphatic heterocycles. The van der Waals surface area contributed by atoms with Gasteiger partial charge in [-0.3, -0.25) is 0 Å². The zero-order valence-corrected chi connectivity index (χ0v) is 23.8. The van der Waals surface area contributed by atoms with E-state index in [0.29, 0.717) is 5.92 Å². The van der Waals surface area contributed by atoms with Gasteiger partial charge in [-0.1, -0.05) is 104 Å². The van der Waals surface area contributed by atoms with Gasteiger partial charge in [0.1, 0.15) is 0 Å². The van der Waals surface area contributed by atoms with Crippen molar-refractivity contribution in [3.8, 4) is 20.9 Å². The molecule has 165 valence electrons. The maximum absolute atomic E-state index is 2.36. The van der Waals surface area contributed by atoms with Crippen LogP contribution in [0, 0.1) is 5.92 Å². The molecular formula is C28H23Cl2S2Zr. The first-order valence-corrected chi connectivity index (χ1v) is 12.0. The number of hydrogen-bond donors (Lipinski definition) is 0.